The second-order valence-corrected chi connectivity index (χ2v) is 6.58. The Kier molecular flexibility index (Phi) is 7.14. The van der Waals surface area contributed by atoms with E-state index < -0.39 is 0 Å². The fraction of sp³-hybridized carbons (Fsp3) is 1.00. The molecule has 2 atom stereocenters. The first-order chi connectivity index (χ1) is 7.29. The summed E-state index contributed by atoms with van der Waals surface area (Å²) in [6.45, 7) is 6.60. The average molecular weight is 248 g/mol. The minimum Gasteiger partial charge on any atom is -0.329 e. The highest BCUT2D eigenvalue weighted by Gasteiger charge is 2.24. The second-order valence-electron chi connectivity index (χ2n) is 4.04. The van der Waals surface area contributed by atoms with Crippen LogP contribution < -0.4 is 5.73 Å². The fourth-order valence-electron chi connectivity index (χ4n) is 2.07. The lowest BCUT2D eigenvalue weighted by Gasteiger charge is -2.39. The topological polar surface area (TPSA) is 29.3 Å². The summed E-state index contributed by atoms with van der Waals surface area (Å²) in [6.07, 6.45) is 1.25. The molecule has 2 N–H and O–H groups in total. The van der Waals surface area contributed by atoms with E-state index in [0.29, 0.717) is 12.1 Å². The van der Waals surface area contributed by atoms with Crippen LogP contribution in [0.25, 0.3) is 0 Å². The average Bonchev–Trinajstić information content (AvgIpc) is 2.26. The van der Waals surface area contributed by atoms with Gasteiger partial charge in [0, 0.05) is 36.7 Å². The highest BCUT2D eigenvalue weighted by Crippen LogP contribution is 2.20. The Bertz CT molecular complexity index is 167. The quantitative estimate of drug-likeness (QED) is 0.727. The molecule has 1 aliphatic rings. The van der Waals surface area contributed by atoms with Crippen molar-refractivity contribution in [3.05, 3.63) is 0 Å². The Morgan fingerprint density at radius 3 is 3.00 bits per heavy atom. The molecular weight excluding hydrogens is 224 g/mol. The SMILES string of the molecule is CCSCCC(CN)N1CCSCC1C. The van der Waals surface area contributed by atoms with Gasteiger partial charge in [-0.1, -0.05) is 6.92 Å². The van der Waals surface area contributed by atoms with Gasteiger partial charge >= 0.3 is 0 Å². The minimum absolute atomic E-state index is 0.611. The van der Waals surface area contributed by atoms with E-state index in [9.17, 15) is 0 Å². The molecule has 0 aromatic rings. The molecule has 0 aliphatic carbocycles. The third kappa shape index (κ3) is 4.55. The van der Waals surface area contributed by atoms with Crippen LogP contribution in [0.15, 0.2) is 0 Å². The summed E-state index contributed by atoms with van der Waals surface area (Å²) in [6, 6.07) is 1.32. The van der Waals surface area contributed by atoms with Crippen molar-refractivity contribution >= 4 is 23.5 Å². The molecule has 4 heteroatoms. The van der Waals surface area contributed by atoms with Crippen molar-refractivity contribution < 1.29 is 0 Å². The summed E-state index contributed by atoms with van der Waals surface area (Å²) in [4.78, 5) is 2.62. The molecule has 0 aromatic heterocycles. The zero-order chi connectivity index (χ0) is 11.1. The first kappa shape index (κ1) is 13.7. The van der Waals surface area contributed by atoms with Gasteiger partial charge in [0.15, 0.2) is 0 Å². The van der Waals surface area contributed by atoms with Crippen molar-refractivity contribution in [2.45, 2.75) is 32.4 Å². The molecule has 2 unspecified atom stereocenters. The summed E-state index contributed by atoms with van der Waals surface area (Å²) < 4.78 is 0. The van der Waals surface area contributed by atoms with Gasteiger partial charge in [-0.15, -0.1) is 0 Å². The van der Waals surface area contributed by atoms with Crippen LogP contribution in [0.2, 0.25) is 0 Å². The molecule has 1 aliphatic heterocycles. The highest BCUT2D eigenvalue weighted by molar-refractivity contribution is 7.99. The van der Waals surface area contributed by atoms with Crippen molar-refractivity contribution in [3.63, 3.8) is 0 Å². The third-order valence-electron chi connectivity index (χ3n) is 2.96. The predicted molar refractivity (Wildman–Crippen MR) is 74.0 cm³/mol. The summed E-state index contributed by atoms with van der Waals surface area (Å²) in [7, 11) is 0. The van der Waals surface area contributed by atoms with Crippen LogP contribution in [0.4, 0.5) is 0 Å². The largest absolute Gasteiger partial charge is 0.329 e. The van der Waals surface area contributed by atoms with Crippen molar-refractivity contribution in [1.82, 2.24) is 4.90 Å². The van der Waals surface area contributed by atoms with E-state index in [-0.39, 0.29) is 0 Å². The lowest BCUT2D eigenvalue weighted by Crippen LogP contribution is -2.50. The van der Waals surface area contributed by atoms with Crippen LogP contribution >= 0.6 is 23.5 Å². The molecule has 2 nitrogen and oxygen atoms in total. The number of nitrogens with two attached hydrogens (primary N) is 1. The molecular formula is C11H24N2S2. The minimum atomic E-state index is 0.611. The smallest absolute Gasteiger partial charge is 0.0229 e. The van der Waals surface area contributed by atoms with E-state index in [4.69, 9.17) is 5.73 Å². The van der Waals surface area contributed by atoms with Crippen molar-refractivity contribution in [2.24, 2.45) is 5.73 Å². The van der Waals surface area contributed by atoms with Crippen LogP contribution in [-0.2, 0) is 0 Å². The number of hydrogen-bond acceptors (Lipinski definition) is 4. The maximum Gasteiger partial charge on any atom is 0.0229 e. The van der Waals surface area contributed by atoms with Gasteiger partial charge in [-0.25, -0.2) is 0 Å². The van der Waals surface area contributed by atoms with Crippen LogP contribution in [0.5, 0.6) is 0 Å². The molecule has 1 saturated heterocycles. The zero-order valence-electron chi connectivity index (χ0n) is 9.95. The number of thioether (sulfide) groups is 2. The van der Waals surface area contributed by atoms with E-state index in [1.165, 1.54) is 36.0 Å². The van der Waals surface area contributed by atoms with Crippen LogP contribution in [0.3, 0.4) is 0 Å². The third-order valence-corrected chi connectivity index (χ3v) is 5.08. The normalized spacial score (nSPS) is 25.4. The summed E-state index contributed by atoms with van der Waals surface area (Å²) in [5.41, 5.74) is 5.89. The predicted octanol–water partition coefficient (Wildman–Crippen LogP) is 1.89. The van der Waals surface area contributed by atoms with Crippen molar-refractivity contribution in [3.8, 4) is 0 Å². The number of hydrogen-bond donors (Lipinski definition) is 1. The van der Waals surface area contributed by atoms with Crippen LogP contribution in [0.1, 0.15) is 20.3 Å². The molecule has 1 heterocycles. The Morgan fingerprint density at radius 1 is 1.60 bits per heavy atom. The molecule has 0 radical (unpaired) electrons. The molecule has 0 spiro atoms. The first-order valence-corrected chi connectivity index (χ1v) is 8.21. The molecule has 0 bridgehead atoms. The number of rotatable bonds is 6. The molecule has 1 fully saturated rings. The van der Waals surface area contributed by atoms with E-state index in [1.54, 1.807) is 0 Å². The maximum absolute atomic E-state index is 5.89. The molecule has 15 heavy (non-hydrogen) atoms. The fourth-order valence-corrected chi connectivity index (χ4v) is 3.83. The molecule has 0 aromatic carbocycles. The Balaban J connectivity index is 2.34. The van der Waals surface area contributed by atoms with Gasteiger partial charge in [0.05, 0.1) is 0 Å². The summed E-state index contributed by atoms with van der Waals surface area (Å²) >= 11 is 4.10. The number of nitrogens with zero attached hydrogens (tertiary/aromatic N) is 1. The maximum atomic E-state index is 5.89. The van der Waals surface area contributed by atoms with Gasteiger partial charge in [0.2, 0.25) is 0 Å². The van der Waals surface area contributed by atoms with Gasteiger partial charge in [-0.05, 0) is 24.9 Å². The highest BCUT2D eigenvalue weighted by atomic mass is 32.2. The van der Waals surface area contributed by atoms with Gasteiger partial charge in [-0.2, -0.15) is 23.5 Å². The molecule has 0 amide bonds. The van der Waals surface area contributed by atoms with Gasteiger partial charge in [-0.3, -0.25) is 4.90 Å². The molecule has 90 valence electrons. The lowest BCUT2D eigenvalue weighted by atomic mass is 10.1. The summed E-state index contributed by atoms with van der Waals surface area (Å²) in [5, 5.41) is 0. The molecule has 0 saturated carbocycles. The van der Waals surface area contributed by atoms with Gasteiger partial charge in [0.1, 0.15) is 0 Å². The van der Waals surface area contributed by atoms with E-state index in [2.05, 4.69) is 30.5 Å². The van der Waals surface area contributed by atoms with Crippen LogP contribution in [-0.4, -0.2) is 53.1 Å². The van der Waals surface area contributed by atoms with Crippen LogP contribution in [0, 0.1) is 0 Å². The second kappa shape index (κ2) is 7.82. The van der Waals surface area contributed by atoms with Crippen molar-refractivity contribution in [1.29, 1.82) is 0 Å². The van der Waals surface area contributed by atoms with E-state index in [0.717, 1.165) is 6.54 Å². The van der Waals surface area contributed by atoms with E-state index in [1.807, 2.05) is 11.8 Å². The Morgan fingerprint density at radius 2 is 2.40 bits per heavy atom. The Labute approximate surface area is 103 Å². The van der Waals surface area contributed by atoms with Crippen molar-refractivity contribution in [2.75, 3.05) is 36.1 Å². The monoisotopic (exact) mass is 248 g/mol. The zero-order valence-corrected chi connectivity index (χ0v) is 11.6. The van der Waals surface area contributed by atoms with Gasteiger partial charge < -0.3 is 5.73 Å². The Hall–Kier alpha value is 0.620. The summed E-state index contributed by atoms with van der Waals surface area (Å²) in [5.74, 6) is 5.04. The standard InChI is InChI=1S/C11H24N2S2/c1-3-14-6-4-11(8-12)13-5-7-15-9-10(13)2/h10-11H,3-9,12H2,1-2H3. The van der Waals surface area contributed by atoms with E-state index >= 15 is 0 Å². The molecule has 1 rings (SSSR count). The first-order valence-electron chi connectivity index (χ1n) is 5.90. The lowest BCUT2D eigenvalue weighted by molar-refractivity contribution is 0.162. The van der Waals surface area contributed by atoms with Gasteiger partial charge in [0.25, 0.3) is 0 Å².